The Kier molecular flexibility index (Phi) is 2.91. The number of hydrogen-bond acceptors (Lipinski definition) is 4. The molecular formula is C12H12N2O3. The molecule has 0 atom stereocenters. The molecule has 0 radical (unpaired) electrons. The minimum Gasteiger partial charge on any atom is -0.476 e. The molecule has 88 valence electrons. The first-order valence-electron chi connectivity index (χ1n) is 5.23. The number of pyridine rings is 1. The van der Waals surface area contributed by atoms with Crippen LogP contribution in [0.15, 0.2) is 29.0 Å². The molecule has 0 aliphatic carbocycles. The highest BCUT2D eigenvalue weighted by atomic mass is 16.4. The van der Waals surface area contributed by atoms with Gasteiger partial charge in [-0.25, -0.2) is 9.78 Å². The van der Waals surface area contributed by atoms with E-state index in [-0.39, 0.29) is 5.69 Å². The fraction of sp³-hybridized carbons (Fsp3) is 0.250. The van der Waals surface area contributed by atoms with E-state index in [1.165, 1.54) is 0 Å². The fourth-order valence-corrected chi connectivity index (χ4v) is 1.40. The number of oxazole rings is 1. The number of aromatic carboxylic acids is 1. The van der Waals surface area contributed by atoms with Crippen molar-refractivity contribution in [3.05, 3.63) is 36.0 Å². The molecule has 0 bridgehead atoms. The van der Waals surface area contributed by atoms with Crippen LogP contribution >= 0.6 is 0 Å². The van der Waals surface area contributed by atoms with Crippen LogP contribution < -0.4 is 0 Å². The smallest absolute Gasteiger partial charge is 0.357 e. The maximum absolute atomic E-state index is 10.7. The third-order valence-electron chi connectivity index (χ3n) is 2.34. The van der Waals surface area contributed by atoms with Crippen LogP contribution in [0.4, 0.5) is 0 Å². The first-order chi connectivity index (χ1) is 8.08. The monoisotopic (exact) mass is 232 g/mol. The second-order valence-corrected chi connectivity index (χ2v) is 3.97. The molecule has 0 aliphatic heterocycles. The first-order valence-corrected chi connectivity index (χ1v) is 5.23. The summed E-state index contributed by atoms with van der Waals surface area (Å²) >= 11 is 0. The number of rotatable bonds is 3. The Hall–Kier alpha value is -2.17. The maximum Gasteiger partial charge on any atom is 0.357 e. The van der Waals surface area contributed by atoms with Crippen molar-refractivity contribution in [3.63, 3.8) is 0 Å². The molecule has 0 fully saturated rings. The van der Waals surface area contributed by atoms with Crippen LogP contribution in [0.5, 0.6) is 0 Å². The van der Waals surface area contributed by atoms with E-state index in [0.29, 0.717) is 11.8 Å². The Labute approximate surface area is 98.1 Å². The lowest BCUT2D eigenvalue weighted by molar-refractivity contribution is 0.0690. The quantitative estimate of drug-likeness (QED) is 0.880. The molecule has 0 saturated carbocycles. The molecule has 5 heteroatoms. The molecule has 5 nitrogen and oxygen atoms in total. The van der Waals surface area contributed by atoms with Crippen LogP contribution in [-0.4, -0.2) is 21.0 Å². The molecule has 0 aliphatic rings. The summed E-state index contributed by atoms with van der Waals surface area (Å²) < 4.78 is 5.13. The van der Waals surface area contributed by atoms with E-state index in [1.54, 1.807) is 12.3 Å². The van der Waals surface area contributed by atoms with E-state index < -0.39 is 5.97 Å². The van der Waals surface area contributed by atoms with Crippen molar-refractivity contribution in [2.45, 2.75) is 19.8 Å². The van der Waals surface area contributed by atoms with Gasteiger partial charge in [-0.05, 0) is 18.1 Å². The summed E-state index contributed by atoms with van der Waals surface area (Å²) in [5.74, 6) is -0.506. The highest BCUT2D eigenvalue weighted by Gasteiger charge is 2.12. The molecule has 2 rings (SSSR count). The number of nitrogens with zero attached hydrogens (tertiary/aromatic N) is 2. The summed E-state index contributed by atoms with van der Waals surface area (Å²) in [6.07, 6.45) is 2.79. The van der Waals surface area contributed by atoms with Crippen molar-refractivity contribution >= 4 is 5.97 Å². The van der Waals surface area contributed by atoms with Gasteiger partial charge < -0.3 is 9.52 Å². The summed E-state index contributed by atoms with van der Waals surface area (Å²) in [7, 11) is 0. The van der Waals surface area contributed by atoms with Gasteiger partial charge in [-0.3, -0.25) is 4.98 Å². The second kappa shape index (κ2) is 4.37. The Morgan fingerprint density at radius 1 is 1.47 bits per heavy atom. The van der Waals surface area contributed by atoms with E-state index in [4.69, 9.17) is 9.52 Å². The van der Waals surface area contributed by atoms with Crippen molar-refractivity contribution in [3.8, 4) is 11.5 Å². The fourth-order valence-electron chi connectivity index (χ4n) is 1.40. The third kappa shape index (κ3) is 2.33. The Morgan fingerprint density at radius 2 is 2.24 bits per heavy atom. The summed E-state index contributed by atoms with van der Waals surface area (Å²) in [5, 5.41) is 8.75. The Balaban J connectivity index is 2.38. The van der Waals surface area contributed by atoms with Crippen LogP contribution in [0, 0.1) is 0 Å². The highest BCUT2D eigenvalue weighted by Crippen LogP contribution is 2.21. The number of carboxylic acids is 1. The average Bonchev–Trinajstić information content (AvgIpc) is 2.78. The van der Waals surface area contributed by atoms with Crippen LogP contribution in [0.2, 0.25) is 0 Å². The largest absolute Gasteiger partial charge is 0.476 e. The topological polar surface area (TPSA) is 76.2 Å². The predicted molar refractivity (Wildman–Crippen MR) is 60.8 cm³/mol. The van der Waals surface area contributed by atoms with Gasteiger partial charge >= 0.3 is 5.97 Å². The van der Waals surface area contributed by atoms with Gasteiger partial charge in [0.2, 0.25) is 5.89 Å². The van der Waals surface area contributed by atoms with Crippen molar-refractivity contribution in [1.29, 1.82) is 0 Å². The van der Waals surface area contributed by atoms with Gasteiger partial charge in [0.25, 0.3) is 0 Å². The molecule has 0 saturated heterocycles. The highest BCUT2D eigenvalue weighted by molar-refractivity contribution is 5.85. The summed E-state index contributed by atoms with van der Waals surface area (Å²) in [6, 6.07) is 3.59. The summed E-state index contributed by atoms with van der Waals surface area (Å²) in [4.78, 5) is 18.8. The Bertz CT molecular complexity index is 546. The zero-order valence-corrected chi connectivity index (χ0v) is 9.54. The molecule has 17 heavy (non-hydrogen) atoms. The predicted octanol–water partition coefficient (Wildman–Crippen LogP) is 2.56. The molecule has 2 heterocycles. The molecule has 0 unspecified atom stereocenters. The molecular weight excluding hydrogens is 220 g/mol. The number of carboxylic acid groups (broad SMARTS) is 1. The lowest BCUT2D eigenvalue weighted by Crippen LogP contribution is -1.96. The molecule has 1 N–H and O–H groups in total. The molecule has 0 spiro atoms. The van der Waals surface area contributed by atoms with Crippen molar-refractivity contribution < 1.29 is 14.3 Å². The van der Waals surface area contributed by atoms with Crippen molar-refractivity contribution in [2.75, 3.05) is 0 Å². The maximum atomic E-state index is 10.7. The number of carbonyl (C=O) groups is 1. The third-order valence-corrected chi connectivity index (χ3v) is 2.34. The zero-order chi connectivity index (χ0) is 12.4. The van der Waals surface area contributed by atoms with Crippen molar-refractivity contribution in [1.82, 2.24) is 9.97 Å². The van der Waals surface area contributed by atoms with E-state index in [0.717, 1.165) is 17.5 Å². The summed E-state index contributed by atoms with van der Waals surface area (Å²) in [6.45, 7) is 4.06. The van der Waals surface area contributed by atoms with Gasteiger partial charge in [-0.15, -0.1) is 0 Å². The van der Waals surface area contributed by atoms with Gasteiger partial charge in [0.1, 0.15) is 6.26 Å². The van der Waals surface area contributed by atoms with E-state index in [2.05, 4.69) is 9.97 Å². The van der Waals surface area contributed by atoms with E-state index in [9.17, 15) is 4.79 Å². The van der Waals surface area contributed by atoms with Crippen LogP contribution in [-0.2, 0) is 0 Å². The molecule has 2 aromatic heterocycles. The number of hydrogen-bond donors (Lipinski definition) is 1. The van der Waals surface area contributed by atoms with Crippen molar-refractivity contribution in [2.24, 2.45) is 0 Å². The molecule has 0 aromatic carbocycles. The average molecular weight is 232 g/mol. The van der Waals surface area contributed by atoms with E-state index in [1.807, 2.05) is 19.9 Å². The molecule has 2 aromatic rings. The lowest BCUT2D eigenvalue weighted by Gasteiger charge is -2.04. The minimum absolute atomic E-state index is 0.0945. The number of aromatic nitrogens is 2. The van der Waals surface area contributed by atoms with Crippen LogP contribution in [0.25, 0.3) is 11.5 Å². The first kappa shape index (κ1) is 11.3. The van der Waals surface area contributed by atoms with Gasteiger partial charge in [0.05, 0.1) is 0 Å². The van der Waals surface area contributed by atoms with Crippen LogP contribution in [0.1, 0.15) is 35.9 Å². The normalized spacial score (nSPS) is 10.8. The van der Waals surface area contributed by atoms with Gasteiger partial charge in [-0.2, -0.15) is 0 Å². The standard InChI is InChI=1S/C12H12N2O3/c1-7(2)9-5-8(3-4-13-9)11-14-10(6-17-11)12(15)16/h3-7H,1-2H3,(H,15,16). The zero-order valence-electron chi connectivity index (χ0n) is 9.54. The Morgan fingerprint density at radius 3 is 2.82 bits per heavy atom. The molecule has 0 amide bonds. The minimum atomic E-state index is -1.10. The van der Waals surface area contributed by atoms with Gasteiger partial charge in [0.15, 0.2) is 5.69 Å². The van der Waals surface area contributed by atoms with Crippen LogP contribution in [0.3, 0.4) is 0 Å². The van der Waals surface area contributed by atoms with Gasteiger partial charge in [-0.1, -0.05) is 13.8 Å². The van der Waals surface area contributed by atoms with E-state index >= 15 is 0 Å². The van der Waals surface area contributed by atoms with Gasteiger partial charge in [0, 0.05) is 17.5 Å². The second-order valence-electron chi connectivity index (χ2n) is 3.97. The SMILES string of the molecule is CC(C)c1cc(-c2nc(C(=O)O)co2)ccn1. The lowest BCUT2D eigenvalue weighted by atomic mass is 10.1. The summed E-state index contributed by atoms with van der Waals surface area (Å²) in [5.41, 5.74) is 1.55.